The van der Waals surface area contributed by atoms with Crippen molar-refractivity contribution in [1.82, 2.24) is 4.90 Å². The fourth-order valence-electron chi connectivity index (χ4n) is 3.10. The summed E-state index contributed by atoms with van der Waals surface area (Å²) in [5.74, 6) is 0. The number of hydrogen-bond acceptors (Lipinski definition) is 3. The summed E-state index contributed by atoms with van der Waals surface area (Å²) in [4.78, 5) is 2.33. The molecule has 3 heteroatoms. The van der Waals surface area contributed by atoms with Gasteiger partial charge < -0.3 is 9.84 Å². The molecule has 1 aliphatic heterocycles. The highest BCUT2D eigenvalue weighted by atomic mass is 16.5. The van der Waals surface area contributed by atoms with Crippen molar-refractivity contribution in [2.75, 3.05) is 26.2 Å². The van der Waals surface area contributed by atoms with E-state index in [9.17, 15) is 5.11 Å². The summed E-state index contributed by atoms with van der Waals surface area (Å²) in [6, 6.07) is 8.42. The van der Waals surface area contributed by atoms with Crippen molar-refractivity contribution in [3.05, 3.63) is 35.4 Å². The third-order valence-electron chi connectivity index (χ3n) is 4.20. The number of piperidine rings is 1. The summed E-state index contributed by atoms with van der Waals surface area (Å²) in [6.07, 6.45) is 4.51. The van der Waals surface area contributed by atoms with Crippen molar-refractivity contribution in [2.45, 2.75) is 51.7 Å². The average Bonchev–Trinajstić information content (AvgIpc) is 2.49. The molecule has 1 aromatic carbocycles. The van der Waals surface area contributed by atoms with Crippen LogP contribution in [0.2, 0.25) is 0 Å². The topological polar surface area (TPSA) is 32.7 Å². The Hall–Kier alpha value is -0.900. The van der Waals surface area contributed by atoms with Crippen LogP contribution in [0, 0.1) is 0 Å². The number of β-amino-alcohol motifs (C(OH)–C–C–N with tert-alkyl or cyclic N) is 1. The van der Waals surface area contributed by atoms with Gasteiger partial charge in [-0.25, -0.2) is 0 Å². The number of nitrogens with zero attached hydrogens (tertiary/aromatic N) is 1. The van der Waals surface area contributed by atoms with E-state index in [1.165, 1.54) is 5.56 Å². The molecule has 0 radical (unpaired) electrons. The van der Waals surface area contributed by atoms with Gasteiger partial charge in [0, 0.05) is 19.7 Å². The van der Waals surface area contributed by atoms with Crippen LogP contribution in [0.3, 0.4) is 0 Å². The van der Waals surface area contributed by atoms with E-state index >= 15 is 0 Å². The maximum Gasteiger partial charge on any atom is 0.0916 e. The molecule has 0 aliphatic carbocycles. The van der Waals surface area contributed by atoms with Gasteiger partial charge in [-0.2, -0.15) is 0 Å². The Morgan fingerprint density at radius 1 is 1.29 bits per heavy atom. The third-order valence-corrected chi connectivity index (χ3v) is 4.20. The van der Waals surface area contributed by atoms with Crippen molar-refractivity contribution in [2.24, 2.45) is 0 Å². The Bertz CT molecular complexity index is 402. The maximum atomic E-state index is 10.4. The maximum absolute atomic E-state index is 10.4. The predicted molar refractivity (Wildman–Crippen MR) is 86.5 cm³/mol. The number of benzene rings is 1. The Morgan fingerprint density at radius 2 is 2.05 bits per heavy atom. The second-order valence-electron chi connectivity index (χ2n) is 5.99. The largest absolute Gasteiger partial charge is 0.387 e. The van der Waals surface area contributed by atoms with Crippen molar-refractivity contribution in [3.63, 3.8) is 0 Å². The van der Waals surface area contributed by atoms with E-state index in [1.54, 1.807) is 0 Å². The number of aliphatic hydroxyl groups is 1. The van der Waals surface area contributed by atoms with Crippen molar-refractivity contribution in [1.29, 1.82) is 0 Å². The standard InChI is InChI=1S/C18H29NO2/c1-3-6-15-8-10-16(11-9-15)18(20)14-19-12-5-7-17(13-19)21-4-2/h8-11,17-18,20H,3-7,12-14H2,1-2H3. The minimum absolute atomic E-state index is 0.336. The first kappa shape index (κ1) is 16.5. The smallest absolute Gasteiger partial charge is 0.0916 e. The van der Waals surface area contributed by atoms with Crippen molar-refractivity contribution < 1.29 is 9.84 Å². The molecule has 0 aromatic heterocycles. The summed E-state index contributed by atoms with van der Waals surface area (Å²) in [6.45, 7) is 7.73. The van der Waals surface area contributed by atoms with E-state index in [-0.39, 0.29) is 0 Å². The fraction of sp³-hybridized carbons (Fsp3) is 0.667. The lowest BCUT2D eigenvalue weighted by Crippen LogP contribution is -2.41. The van der Waals surface area contributed by atoms with Gasteiger partial charge in [0.05, 0.1) is 12.2 Å². The normalized spacial score (nSPS) is 21.4. The van der Waals surface area contributed by atoms with Crippen LogP contribution >= 0.6 is 0 Å². The van der Waals surface area contributed by atoms with Gasteiger partial charge in [-0.1, -0.05) is 37.6 Å². The van der Waals surface area contributed by atoms with Gasteiger partial charge >= 0.3 is 0 Å². The van der Waals surface area contributed by atoms with Gasteiger partial charge in [-0.05, 0) is 43.9 Å². The minimum Gasteiger partial charge on any atom is -0.387 e. The van der Waals surface area contributed by atoms with E-state index in [2.05, 4.69) is 36.1 Å². The third kappa shape index (κ3) is 5.10. The van der Waals surface area contributed by atoms with Crippen LogP contribution in [0.15, 0.2) is 24.3 Å². The van der Waals surface area contributed by atoms with Gasteiger partial charge in [0.2, 0.25) is 0 Å². The molecule has 0 spiro atoms. The first-order chi connectivity index (χ1) is 10.2. The van der Waals surface area contributed by atoms with Crippen LogP contribution in [0.4, 0.5) is 0 Å². The van der Waals surface area contributed by atoms with Gasteiger partial charge in [0.15, 0.2) is 0 Å². The summed E-state index contributed by atoms with van der Waals surface area (Å²) in [5, 5.41) is 10.4. The number of ether oxygens (including phenoxy) is 1. The zero-order valence-corrected chi connectivity index (χ0v) is 13.4. The van der Waals surface area contributed by atoms with Gasteiger partial charge in [0.1, 0.15) is 0 Å². The Labute approximate surface area is 128 Å². The summed E-state index contributed by atoms with van der Waals surface area (Å²) >= 11 is 0. The molecule has 2 rings (SSSR count). The molecule has 1 aromatic rings. The molecule has 3 nitrogen and oxygen atoms in total. The molecule has 2 unspecified atom stereocenters. The Morgan fingerprint density at radius 3 is 2.71 bits per heavy atom. The zero-order valence-electron chi connectivity index (χ0n) is 13.4. The summed E-state index contributed by atoms with van der Waals surface area (Å²) < 4.78 is 5.72. The highest BCUT2D eigenvalue weighted by molar-refractivity contribution is 5.24. The number of aliphatic hydroxyl groups excluding tert-OH is 1. The number of aryl methyl sites for hydroxylation is 1. The monoisotopic (exact) mass is 291 g/mol. The highest BCUT2D eigenvalue weighted by Gasteiger charge is 2.22. The molecule has 1 fully saturated rings. The van der Waals surface area contributed by atoms with Gasteiger partial charge in [-0.3, -0.25) is 4.90 Å². The SMILES string of the molecule is CCCc1ccc(C(O)CN2CCCC(OCC)C2)cc1. The molecular formula is C18H29NO2. The van der Waals surface area contributed by atoms with Gasteiger partial charge in [-0.15, -0.1) is 0 Å². The van der Waals surface area contributed by atoms with Gasteiger partial charge in [0.25, 0.3) is 0 Å². The quantitative estimate of drug-likeness (QED) is 0.837. The van der Waals surface area contributed by atoms with E-state index in [4.69, 9.17) is 4.74 Å². The Kier molecular flexibility index (Phi) is 6.68. The van der Waals surface area contributed by atoms with Crippen LogP contribution in [0.25, 0.3) is 0 Å². The molecule has 21 heavy (non-hydrogen) atoms. The molecule has 1 N–H and O–H groups in total. The second kappa shape index (κ2) is 8.52. The molecule has 1 saturated heterocycles. The molecule has 0 saturated carbocycles. The molecule has 1 heterocycles. The molecule has 2 atom stereocenters. The lowest BCUT2D eigenvalue weighted by atomic mass is 10.0. The highest BCUT2D eigenvalue weighted by Crippen LogP contribution is 2.19. The Balaban J connectivity index is 1.86. The van der Waals surface area contributed by atoms with Crippen LogP contribution in [0.5, 0.6) is 0 Å². The zero-order chi connectivity index (χ0) is 15.1. The molecule has 0 bridgehead atoms. The van der Waals surface area contributed by atoms with Crippen molar-refractivity contribution in [3.8, 4) is 0 Å². The lowest BCUT2D eigenvalue weighted by Gasteiger charge is -2.33. The molecular weight excluding hydrogens is 262 g/mol. The van der Waals surface area contributed by atoms with E-state index < -0.39 is 6.10 Å². The number of rotatable bonds is 7. The van der Waals surface area contributed by atoms with E-state index in [0.717, 1.165) is 50.9 Å². The number of likely N-dealkylation sites (tertiary alicyclic amines) is 1. The van der Waals surface area contributed by atoms with Crippen LogP contribution < -0.4 is 0 Å². The fourth-order valence-corrected chi connectivity index (χ4v) is 3.10. The second-order valence-corrected chi connectivity index (χ2v) is 5.99. The molecule has 0 amide bonds. The lowest BCUT2D eigenvalue weighted by molar-refractivity contribution is -0.00705. The minimum atomic E-state index is -0.402. The first-order valence-electron chi connectivity index (χ1n) is 8.33. The van der Waals surface area contributed by atoms with Crippen LogP contribution in [-0.2, 0) is 11.2 Å². The summed E-state index contributed by atoms with van der Waals surface area (Å²) in [7, 11) is 0. The summed E-state index contributed by atoms with van der Waals surface area (Å²) in [5.41, 5.74) is 2.37. The van der Waals surface area contributed by atoms with Crippen molar-refractivity contribution >= 4 is 0 Å². The van der Waals surface area contributed by atoms with E-state index in [1.807, 2.05) is 6.92 Å². The van der Waals surface area contributed by atoms with Crippen LogP contribution in [-0.4, -0.2) is 42.4 Å². The molecule has 1 aliphatic rings. The predicted octanol–water partition coefficient (Wildman–Crippen LogP) is 3.17. The first-order valence-corrected chi connectivity index (χ1v) is 8.33. The number of hydrogen-bond donors (Lipinski definition) is 1. The van der Waals surface area contributed by atoms with Crippen LogP contribution in [0.1, 0.15) is 50.3 Å². The molecule has 118 valence electrons. The average molecular weight is 291 g/mol. The van der Waals surface area contributed by atoms with E-state index in [0.29, 0.717) is 12.6 Å².